The molecule has 0 unspecified atom stereocenters. The minimum Gasteiger partial charge on any atom is -0.369 e. The second kappa shape index (κ2) is 24.3. The van der Waals surface area contributed by atoms with Crippen molar-refractivity contribution in [1.29, 1.82) is 0 Å². The SMILES string of the molecule is CCCN(C)CC.CN(C)C(=S)S.S=C(S)NCCNC(=S)S.[Zn+2]. The first-order chi connectivity index (χ1) is 10.6. The van der Waals surface area contributed by atoms with E-state index in [1.165, 1.54) is 19.5 Å². The Bertz CT molecular complexity index is 316. The van der Waals surface area contributed by atoms with E-state index in [2.05, 4.69) is 111 Å². The van der Waals surface area contributed by atoms with Gasteiger partial charge in [0.15, 0.2) is 0 Å². The first kappa shape index (κ1) is 32.9. The van der Waals surface area contributed by atoms with E-state index in [4.69, 9.17) is 0 Å². The maximum atomic E-state index is 4.65. The van der Waals surface area contributed by atoms with Crippen LogP contribution in [0.2, 0.25) is 0 Å². The number of thiocarbonyl (C=S) groups is 3. The van der Waals surface area contributed by atoms with Gasteiger partial charge < -0.3 is 20.4 Å². The summed E-state index contributed by atoms with van der Waals surface area (Å²) in [5.41, 5.74) is 0. The molecule has 0 saturated heterocycles. The molecule has 0 aromatic carbocycles. The van der Waals surface area contributed by atoms with Crippen LogP contribution in [0.4, 0.5) is 0 Å². The van der Waals surface area contributed by atoms with Gasteiger partial charge in [0.05, 0.1) is 0 Å². The van der Waals surface area contributed by atoms with E-state index >= 15 is 0 Å². The van der Waals surface area contributed by atoms with Crippen LogP contribution in [0.1, 0.15) is 20.3 Å². The normalized spacial score (nSPS) is 8.54. The Kier molecular flexibility index (Phi) is 33.3. The second-order valence-corrected chi connectivity index (χ2v) is 7.97. The van der Waals surface area contributed by atoms with Crippen molar-refractivity contribution in [2.24, 2.45) is 0 Å². The monoisotopic (exact) mass is 498 g/mol. The van der Waals surface area contributed by atoms with Crippen LogP contribution in [0.3, 0.4) is 0 Å². The molecule has 24 heavy (non-hydrogen) atoms. The van der Waals surface area contributed by atoms with Crippen molar-refractivity contribution in [1.82, 2.24) is 20.4 Å². The maximum absolute atomic E-state index is 4.65. The molecule has 0 aromatic rings. The van der Waals surface area contributed by atoms with E-state index in [1.54, 1.807) is 4.90 Å². The summed E-state index contributed by atoms with van der Waals surface area (Å²) in [4.78, 5) is 4.07. The average molecular weight is 500 g/mol. The number of hydrogen-bond donors (Lipinski definition) is 5. The topological polar surface area (TPSA) is 30.5 Å². The Hall–Kier alpha value is 1.30. The van der Waals surface area contributed by atoms with Gasteiger partial charge in [-0.3, -0.25) is 0 Å². The van der Waals surface area contributed by atoms with Gasteiger partial charge in [-0.25, -0.2) is 0 Å². The molecule has 0 saturated carbocycles. The molecule has 0 atom stereocenters. The minimum atomic E-state index is 0. The van der Waals surface area contributed by atoms with Crippen molar-refractivity contribution in [3.8, 4) is 0 Å². The van der Waals surface area contributed by atoms with E-state index in [1.807, 2.05) is 14.1 Å². The molecule has 138 valence electrons. The van der Waals surface area contributed by atoms with Gasteiger partial charge in [0.25, 0.3) is 0 Å². The molecule has 4 nitrogen and oxygen atoms in total. The van der Waals surface area contributed by atoms with Gasteiger partial charge >= 0.3 is 19.5 Å². The summed E-state index contributed by atoms with van der Waals surface area (Å²) >= 11 is 25.5. The van der Waals surface area contributed by atoms with Crippen LogP contribution in [0.25, 0.3) is 0 Å². The van der Waals surface area contributed by atoms with E-state index in [0.29, 0.717) is 26.1 Å². The first-order valence-corrected chi connectivity index (χ1v) is 9.67. The summed E-state index contributed by atoms with van der Waals surface area (Å²) in [6.07, 6.45) is 1.27. The molecular weight excluding hydrogens is 470 g/mol. The fourth-order valence-corrected chi connectivity index (χ4v) is 1.31. The van der Waals surface area contributed by atoms with Gasteiger partial charge in [0.2, 0.25) is 0 Å². The average Bonchev–Trinajstić information content (AvgIpc) is 2.44. The molecule has 0 rings (SSSR count). The maximum Gasteiger partial charge on any atom is 2.00 e. The Labute approximate surface area is 193 Å². The van der Waals surface area contributed by atoms with Crippen LogP contribution in [0.5, 0.6) is 0 Å². The third kappa shape index (κ3) is 38.7. The van der Waals surface area contributed by atoms with Crippen LogP contribution in [-0.2, 0) is 19.5 Å². The Morgan fingerprint density at radius 2 is 1.21 bits per heavy atom. The summed E-state index contributed by atoms with van der Waals surface area (Å²) < 4.78 is 1.61. The summed E-state index contributed by atoms with van der Waals surface area (Å²) in [6, 6.07) is 0. The van der Waals surface area contributed by atoms with E-state index in [0.717, 1.165) is 0 Å². The molecule has 0 radical (unpaired) electrons. The predicted octanol–water partition coefficient (Wildman–Crippen LogP) is 2.70. The molecule has 0 heterocycles. The molecule has 0 aliphatic rings. The molecule has 0 aliphatic carbocycles. The van der Waals surface area contributed by atoms with Gasteiger partial charge in [-0.1, -0.05) is 50.5 Å². The van der Waals surface area contributed by atoms with Crippen molar-refractivity contribution in [2.45, 2.75) is 20.3 Å². The molecule has 0 aliphatic heterocycles. The number of rotatable bonds is 6. The van der Waals surface area contributed by atoms with E-state index in [-0.39, 0.29) is 19.5 Å². The van der Waals surface area contributed by atoms with Crippen molar-refractivity contribution >= 4 is 87.5 Å². The smallest absolute Gasteiger partial charge is 0.369 e. The molecule has 11 heteroatoms. The van der Waals surface area contributed by atoms with Crippen LogP contribution < -0.4 is 10.6 Å². The van der Waals surface area contributed by atoms with Crippen molar-refractivity contribution in [2.75, 3.05) is 47.3 Å². The second-order valence-electron chi connectivity index (χ2n) is 4.54. The Balaban J connectivity index is -0.000000127. The summed E-state index contributed by atoms with van der Waals surface area (Å²) in [7, 11) is 5.86. The first-order valence-electron chi connectivity index (χ1n) is 7.10. The molecule has 0 fully saturated rings. The summed E-state index contributed by atoms with van der Waals surface area (Å²) in [5, 5.41) is 5.68. The van der Waals surface area contributed by atoms with Gasteiger partial charge in [-0.15, -0.1) is 37.9 Å². The van der Waals surface area contributed by atoms with Crippen LogP contribution in [0, 0.1) is 0 Å². The van der Waals surface area contributed by atoms with Crippen molar-refractivity contribution < 1.29 is 19.5 Å². The summed E-state index contributed by atoms with van der Waals surface area (Å²) in [6.45, 7) is 8.21. The van der Waals surface area contributed by atoms with Crippen LogP contribution in [-0.4, -0.2) is 70.1 Å². The number of nitrogens with one attached hydrogen (secondary N) is 2. The zero-order chi connectivity index (χ0) is 18.8. The molecule has 0 bridgehead atoms. The molecule has 0 spiro atoms. The van der Waals surface area contributed by atoms with Gasteiger partial charge in [-0.2, -0.15) is 0 Å². The van der Waals surface area contributed by atoms with Crippen molar-refractivity contribution in [3.05, 3.63) is 0 Å². The number of thiol groups is 3. The van der Waals surface area contributed by atoms with Crippen molar-refractivity contribution in [3.63, 3.8) is 0 Å². The fraction of sp³-hybridized carbons (Fsp3) is 0.769. The molecule has 2 N–H and O–H groups in total. The van der Waals surface area contributed by atoms with Gasteiger partial charge in [0, 0.05) is 27.2 Å². The third-order valence-corrected chi connectivity index (χ3v) is 3.58. The number of nitrogens with zero attached hydrogens (tertiary/aromatic N) is 2. The quantitative estimate of drug-likeness (QED) is 0.166. The fourth-order valence-electron chi connectivity index (χ4n) is 0.879. The Morgan fingerprint density at radius 1 is 0.875 bits per heavy atom. The van der Waals surface area contributed by atoms with Gasteiger partial charge in [0.1, 0.15) is 13.0 Å². The number of hydrogen-bond acceptors (Lipinski definition) is 4. The zero-order valence-electron chi connectivity index (χ0n) is 15.2. The third-order valence-electron chi connectivity index (χ3n) is 2.21. The zero-order valence-corrected chi connectivity index (χ0v) is 23.3. The minimum absolute atomic E-state index is 0. The van der Waals surface area contributed by atoms with E-state index in [9.17, 15) is 0 Å². The van der Waals surface area contributed by atoms with Crippen LogP contribution >= 0.6 is 74.5 Å². The van der Waals surface area contributed by atoms with Crippen LogP contribution in [0.15, 0.2) is 0 Å². The molecular formula is C13H30N4S6Zn+2. The predicted molar refractivity (Wildman–Crippen MR) is 128 cm³/mol. The Morgan fingerprint density at radius 3 is 1.33 bits per heavy atom. The largest absolute Gasteiger partial charge is 2.00 e. The standard InChI is InChI=1S/C6H15N.C4H8N2S4.C3H7NS2.Zn/c1-4-6-7(3)5-2;7-3(8)5-1-2-6-4(9)10;1-4(2)3(5)6;/h4-6H2,1-3H3;1-2H2,(H2,5,7,8)(H2,6,9,10);1-2H3,(H,5,6);/q;;;+2. The van der Waals surface area contributed by atoms with E-state index < -0.39 is 0 Å². The molecule has 0 aromatic heterocycles. The van der Waals surface area contributed by atoms with Gasteiger partial charge in [-0.05, 0) is 26.6 Å². The summed E-state index contributed by atoms with van der Waals surface area (Å²) in [5.74, 6) is 0. The molecule has 0 amide bonds.